The van der Waals surface area contributed by atoms with Gasteiger partial charge in [0.25, 0.3) is 0 Å². The van der Waals surface area contributed by atoms with Crippen LogP contribution in [0.3, 0.4) is 0 Å². The summed E-state index contributed by atoms with van der Waals surface area (Å²) in [5.41, 5.74) is 0.553. The second kappa shape index (κ2) is 4.45. The Morgan fingerprint density at radius 3 is 2.00 bits per heavy atom. The maximum atomic E-state index is 10.2. The largest absolute Gasteiger partial charge is 0.393 e. The monoisotopic (exact) mass is 212 g/mol. The zero-order valence-electron chi connectivity index (χ0n) is 11.1. The minimum Gasteiger partial charge on any atom is -0.393 e. The van der Waals surface area contributed by atoms with E-state index in [1.807, 2.05) is 0 Å². The van der Waals surface area contributed by atoms with Gasteiger partial charge in [-0.25, -0.2) is 0 Å². The van der Waals surface area contributed by atoms with Crippen LogP contribution in [0.5, 0.6) is 0 Å². The molecule has 0 aromatic rings. The molecule has 0 radical (unpaired) electrons. The standard InChI is InChI=1S/C14H28O/c1-6-14(5,13(2,3)4)11-9-7-8-10-12(11)15/h11-12,15H,6-10H2,1-5H3. The molecule has 90 valence electrons. The molecule has 1 heteroatoms. The molecule has 15 heavy (non-hydrogen) atoms. The highest BCUT2D eigenvalue weighted by Crippen LogP contribution is 2.51. The van der Waals surface area contributed by atoms with E-state index in [1.54, 1.807) is 0 Å². The van der Waals surface area contributed by atoms with Gasteiger partial charge < -0.3 is 5.11 Å². The maximum Gasteiger partial charge on any atom is 0.0573 e. The van der Waals surface area contributed by atoms with Crippen LogP contribution in [-0.2, 0) is 0 Å². The molecule has 0 bridgehead atoms. The summed E-state index contributed by atoms with van der Waals surface area (Å²) < 4.78 is 0. The fourth-order valence-corrected chi connectivity index (χ4v) is 3.20. The van der Waals surface area contributed by atoms with Crippen LogP contribution < -0.4 is 0 Å². The average Bonchev–Trinajstić information content (AvgIpc) is 2.15. The van der Waals surface area contributed by atoms with E-state index in [0.29, 0.717) is 5.92 Å². The lowest BCUT2D eigenvalue weighted by Gasteiger charge is -2.50. The van der Waals surface area contributed by atoms with Crippen LogP contribution in [0.2, 0.25) is 0 Å². The first-order valence-corrected chi connectivity index (χ1v) is 6.51. The predicted molar refractivity (Wildman–Crippen MR) is 65.8 cm³/mol. The summed E-state index contributed by atoms with van der Waals surface area (Å²) in [4.78, 5) is 0. The lowest BCUT2D eigenvalue weighted by molar-refractivity contribution is -0.0638. The van der Waals surface area contributed by atoms with Crippen molar-refractivity contribution in [3.05, 3.63) is 0 Å². The Hall–Kier alpha value is -0.0400. The van der Waals surface area contributed by atoms with E-state index in [9.17, 15) is 5.11 Å². The molecule has 1 rings (SSSR count). The molecule has 1 aliphatic rings. The maximum absolute atomic E-state index is 10.2. The quantitative estimate of drug-likeness (QED) is 0.733. The van der Waals surface area contributed by atoms with Gasteiger partial charge in [0, 0.05) is 0 Å². The van der Waals surface area contributed by atoms with Gasteiger partial charge in [0.1, 0.15) is 0 Å². The van der Waals surface area contributed by atoms with E-state index in [2.05, 4.69) is 34.6 Å². The predicted octanol–water partition coefficient (Wildman–Crippen LogP) is 4.00. The van der Waals surface area contributed by atoms with Crippen LogP contribution in [-0.4, -0.2) is 11.2 Å². The summed E-state index contributed by atoms with van der Waals surface area (Å²) in [7, 11) is 0. The van der Waals surface area contributed by atoms with Crippen molar-refractivity contribution in [2.75, 3.05) is 0 Å². The van der Waals surface area contributed by atoms with Crippen molar-refractivity contribution >= 4 is 0 Å². The van der Waals surface area contributed by atoms with Crippen LogP contribution in [0.4, 0.5) is 0 Å². The number of aliphatic hydroxyl groups is 1. The molecule has 0 heterocycles. The first-order chi connectivity index (χ1) is 6.83. The summed E-state index contributed by atoms with van der Waals surface area (Å²) in [5, 5.41) is 10.2. The van der Waals surface area contributed by atoms with Gasteiger partial charge in [-0.1, -0.05) is 47.5 Å². The molecule has 3 unspecified atom stereocenters. The molecule has 1 aliphatic carbocycles. The summed E-state index contributed by atoms with van der Waals surface area (Å²) in [5.74, 6) is 0.497. The Labute approximate surface area is 95.3 Å². The van der Waals surface area contributed by atoms with E-state index >= 15 is 0 Å². The fourth-order valence-electron chi connectivity index (χ4n) is 3.20. The summed E-state index contributed by atoms with van der Waals surface area (Å²) in [6.45, 7) is 11.6. The van der Waals surface area contributed by atoms with Crippen LogP contribution >= 0.6 is 0 Å². The van der Waals surface area contributed by atoms with Gasteiger partial charge >= 0.3 is 0 Å². The van der Waals surface area contributed by atoms with Crippen LogP contribution in [0.25, 0.3) is 0 Å². The highest BCUT2D eigenvalue weighted by atomic mass is 16.3. The zero-order valence-corrected chi connectivity index (χ0v) is 11.1. The lowest BCUT2D eigenvalue weighted by Crippen LogP contribution is -2.45. The van der Waals surface area contributed by atoms with Gasteiger partial charge in [-0.05, 0) is 36.0 Å². The lowest BCUT2D eigenvalue weighted by atomic mass is 9.56. The first-order valence-electron chi connectivity index (χ1n) is 6.51. The molecule has 1 N–H and O–H groups in total. The van der Waals surface area contributed by atoms with Gasteiger partial charge in [0.15, 0.2) is 0 Å². The number of rotatable bonds is 2. The second-order valence-corrected chi connectivity index (χ2v) is 6.48. The normalized spacial score (nSPS) is 32.4. The van der Waals surface area contributed by atoms with Gasteiger partial charge in [-0.2, -0.15) is 0 Å². The Morgan fingerprint density at radius 1 is 1.07 bits per heavy atom. The van der Waals surface area contributed by atoms with Crippen LogP contribution in [0.1, 0.15) is 66.7 Å². The van der Waals surface area contributed by atoms with E-state index in [4.69, 9.17) is 0 Å². The molecule has 3 atom stereocenters. The minimum atomic E-state index is -0.0667. The highest BCUT2D eigenvalue weighted by Gasteiger charge is 2.45. The van der Waals surface area contributed by atoms with Crippen LogP contribution in [0, 0.1) is 16.7 Å². The molecular weight excluding hydrogens is 184 g/mol. The van der Waals surface area contributed by atoms with Gasteiger partial charge in [0.2, 0.25) is 0 Å². The topological polar surface area (TPSA) is 20.2 Å². The third-order valence-electron chi connectivity index (χ3n) is 5.00. The minimum absolute atomic E-state index is 0.0667. The van der Waals surface area contributed by atoms with Crippen molar-refractivity contribution in [1.82, 2.24) is 0 Å². The van der Waals surface area contributed by atoms with E-state index in [1.165, 1.54) is 19.3 Å². The van der Waals surface area contributed by atoms with E-state index in [0.717, 1.165) is 12.8 Å². The molecule has 1 nitrogen and oxygen atoms in total. The molecule has 0 saturated heterocycles. The van der Waals surface area contributed by atoms with Crippen molar-refractivity contribution in [1.29, 1.82) is 0 Å². The summed E-state index contributed by atoms with van der Waals surface area (Å²) in [6.07, 6.45) is 5.83. The van der Waals surface area contributed by atoms with Crippen molar-refractivity contribution < 1.29 is 5.11 Å². The molecule has 0 aromatic carbocycles. The zero-order chi connectivity index (χ0) is 11.7. The average molecular weight is 212 g/mol. The number of hydrogen-bond donors (Lipinski definition) is 1. The molecule has 0 amide bonds. The number of aliphatic hydroxyl groups excluding tert-OH is 1. The van der Waals surface area contributed by atoms with Crippen molar-refractivity contribution in [3.8, 4) is 0 Å². The summed E-state index contributed by atoms with van der Waals surface area (Å²) >= 11 is 0. The molecule has 1 saturated carbocycles. The molecule has 0 aromatic heterocycles. The van der Waals surface area contributed by atoms with Crippen molar-refractivity contribution in [3.63, 3.8) is 0 Å². The van der Waals surface area contributed by atoms with Crippen molar-refractivity contribution in [2.45, 2.75) is 72.8 Å². The Kier molecular flexibility index (Phi) is 3.86. The molecular formula is C14H28O. The van der Waals surface area contributed by atoms with Crippen molar-refractivity contribution in [2.24, 2.45) is 16.7 Å². The summed E-state index contributed by atoms with van der Waals surface area (Å²) in [6, 6.07) is 0. The Balaban J connectivity index is 2.89. The van der Waals surface area contributed by atoms with Gasteiger partial charge in [0.05, 0.1) is 6.10 Å². The van der Waals surface area contributed by atoms with Gasteiger partial charge in [-0.15, -0.1) is 0 Å². The Morgan fingerprint density at radius 2 is 1.60 bits per heavy atom. The fraction of sp³-hybridized carbons (Fsp3) is 1.00. The highest BCUT2D eigenvalue weighted by molar-refractivity contribution is 4.95. The third kappa shape index (κ3) is 2.38. The van der Waals surface area contributed by atoms with E-state index < -0.39 is 0 Å². The van der Waals surface area contributed by atoms with E-state index in [-0.39, 0.29) is 16.9 Å². The smallest absolute Gasteiger partial charge is 0.0573 e. The second-order valence-electron chi connectivity index (χ2n) is 6.48. The molecule has 0 spiro atoms. The Bertz CT molecular complexity index is 204. The van der Waals surface area contributed by atoms with Gasteiger partial charge in [-0.3, -0.25) is 0 Å². The number of hydrogen-bond acceptors (Lipinski definition) is 1. The first kappa shape index (κ1) is 13.0. The van der Waals surface area contributed by atoms with Crippen LogP contribution in [0.15, 0.2) is 0 Å². The molecule has 0 aliphatic heterocycles. The molecule has 1 fully saturated rings. The SMILES string of the molecule is CCC(C)(C1CCCCC1O)C(C)(C)C. The third-order valence-corrected chi connectivity index (χ3v) is 5.00.